The molecule has 0 bridgehead atoms. The van der Waals surface area contributed by atoms with E-state index in [0.717, 1.165) is 98.1 Å². The van der Waals surface area contributed by atoms with Gasteiger partial charge in [-0.05, 0) is 49.9 Å². The van der Waals surface area contributed by atoms with Crippen LogP contribution in [0.15, 0.2) is 53.1 Å². The Labute approximate surface area is 239 Å². The van der Waals surface area contributed by atoms with E-state index < -0.39 is 6.09 Å². The van der Waals surface area contributed by atoms with E-state index in [1.807, 2.05) is 36.4 Å². The summed E-state index contributed by atoms with van der Waals surface area (Å²) in [7, 11) is 1.64. The first-order valence-corrected chi connectivity index (χ1v) is 14.4. The fraction of sp³-hybridized carbons (Fsp3) is 0.452. The minimum Gasteiger partial charge on any atom is -0.496 e. The average molecular weight is 563 g/mol. The molecule has 41 heavy (non-hydrogen) atoms. The normalized spacial score (nSPS) is 17.7. The fourth-order valence-corrected chi connectivity index (χ4v) is 5.86. The molecular weight excluding hydrogens is 524 g/mol. The van der Waals surface area contributed by atoms with Crippen LogP contribution >= 0.6 is 0 Å². The number of aliphatic hydroxyl groups excluding tert-OH is 1. The topological polar surface area (TPSA) is 112 Å². The number of aromatic nitrogens is 1. The number of hydrogen-bond donors (Lipinski definition) is 3. The number of amides is 1. The number of carbonyl (C=O) groups is 1. The molecule has 2 saturated heterocycles. The largest absolute Gasteiger partial charge is 0.496 e. The third-order valence-corrected chi connectivity index (χ3v) is 8.24. The van der Waals surface area contributed by atoms with Crippen molar-refractivity contribution in [2.24, 2.45) is 0 Å². The lowest BCUT2D eigenvalue weighted by atomic mass is 10.1. The number of fused-ring (bicyclic) bond motifs is 2. The van der Waals surface area contributed by atoms with E-state index >= 15 is 0 Å². The van der Waals surface area contributed by atoms with Crippen molar-refractivity contribution >= 4 is 28.0 Å². The van der Waals surface area contributed by atoms with Crippen LogP contribution in [0.2, 0.25) is 0 Å². The molecule has 4 aromatic rings. The lowest BCUT2D eigenvalue weighted by Crippen LogP contribution is -2.47. The molecule has 0 spiro atoms. The molecule has 218 valence electrons. The molecule has 4 heterocycles. The number of furan rings is 1. The van der Waals surface area contributed by atoms with E-state index in [-0.39, 0.29) is 12.1 Å². The molecule has 0 saturated carbocycles. The number of H-pyrrole nitrogens is 1. The lowest BCUT2D eigenvalue weighted by molar-refractivity contribution is 0.0739. The van der Waals surface area contributed by atoms with Crippen molar-refractivity contribution < 1.29 is 28.5 Å². The SMILES string of the molecule is COc1cccc2occ(COc3cccc4[nH]c(OC(=O)NC5CCN(CCN6CCC(O)CC6)CC5)cc34)c12. The highest BCUT2D eigenvalue weighted by atomic mass is 16.6. The second kappa shape index (κ2) is 12.4. The number of nitrogens with zero attached hydrogens (tertiary/aromatic N) is 2. The number of carbonyl (C=O) groups excluding carboxylic acids is 1. The first-order valence-electron chi connectivity index (χ1n) is 14.4. The maximum atomic E-state index is 12.7. The van der Waals surface area contributed by atoms with Crippen molar-refractivity contribution in [3.05, 3.63) is 54.3 Å². The van der Waals surface area contributed by atoms with Gasteiger partial charge in [-0.25, -0.2) is 4.79 Å². The summed E-state index contributed by atoms with van der Waals surface area (Å²) in [6, 6.07) is 13.3. The van der Waals surface area contributed by atoms with E-state index in [9.17, 15) is 9.90 Å². The van der Waals surface area contributed by atoms with Gasteiger partial charge in [-0.3, -0.25) is 0 Å². The zero-order chi connectivity index (χ0) is 28.2. The van der Waals surface area contributed by atoms with Crippen LogP contribution in [0.3, 0.4) is 0 Å². The number of hydrogen-bond acceptors (Lipinski definition) is 8. The molecule has 0 radical (unpaired) electrons. The van der Waals surface area contributed by atoms with Crippen molar-refractivity contribution in [1.82, 2.24) is 20.1 Å². The standard InChI is InChI=1S/C31H38N4O6/c1-38-27-6-3-7-28-30(27)21(20-40-28)19-39-26-5-2-4-25-24(26)18-29(33-25)41-31(37)32-22-8-12-34(13-9-22)16-17-35-14-10-23(36)11-15-35/h2-7,18,20,22-23,33,36H,8-17,19H2,1H3,(H,32,37). The first-order chi connectivity index (χ1) is 20.1. The van der Waals surface area contributed by atoms with Crippen molar-refractivity contribution in [2.45, 2.75) is 44.4 Å². The second-order valence-electron chi connectivity index (χ2n) is 11.0. The molecule has 2 aromatic heterocycles. The van der Waals surface area contributed by atoms with Gasteiger partial charge in [0.05, 0.1) is 30.4 Å². The van der Waals surface area contributed by atoms with Gasteiger partial charge in [-0.15, -0.1) is 0 Å². The molecule has 10 heteroatoms. The quantitative estimate of drug-likeness (QED) is 0.273. The molecular formula is C31H38N4O6. The number of benzene rings is 2. The van der Waals surface area contributed by atoms with Crippen molar-refractivity contribution in [2.75, 3.05) is 46.4 Å². The van der Waals surface area contributed by atoms with Crippen molar-refractivity contribution in [1.29, 1.82) is 0 Å². The maximum absolute atomic E-state index is 12.7. The minimum absolute atomic E-state index is 0.0916. The fourth-order valence-electron chi connectivity index (χ4n) is 5.86. The van der Waals surface area contributed by atoms with Crippen molar-refractivity contribution in [3.63, 3.8) is 0 Å². The van der Waals surface area contributed by atoms with Crippen LogP contribution < -0.4 is 19.5 Å². The third-order valence-electron chi connectivity index (χ3n) is 8.24. The van der Waals surface area contributed by atoms with Crippen LogP contribution in [0, 0.1) is 0 Å². The first kappa shape index (κ1) is 27.4. The predicted octanol–water partition coefficient (Wildman–Crippen LogP) is 4.51. The summed E-state index contributed by atoms with van der Waals surface area (Å²) in [6.07, 6.45) is 4.63. The molecule has 10 nitrogen and oxygen atoms in total. The molecule has 2 fully saturated rings. The summed E-state index contributed by atoms with van der Waals surface area (Å²) in [4.78, 5) is 20.8. The van der Waals surface area contributed by atoms with Crippen LogP contribution in [0.25, 0.3) is 21.9 Å². The van der Waals surface area contributed by atoms with E-state index in [1.165, 1.54) is 0 Å². The predicted molar refractivity (Wildman–Crippen MR) is 156 cm³/mol. The summed E-state index contributed by atoms with van der Waals surface area (Å²) in [6.45, 7) is 6.21. The van der Waals surface area contributed by atoms with Crippen molar-refractivity contribution in [3.8, 4) is 17.4 Å². The summed E-state index contributed by atoms with van der Waals surface area (Å²) < 4.78 is 23.0. The van der Waals surface area contributed by atoms with Gasteiger partial charge in [0, 0.05) is 62.3 Å². The zero-order valence-corrected chi connectivity index (χ0v) is 23.4. The zero-order valence-electron chi connectivity index (χ0n) is 23.4. The number of piperidine rings is 2. The van der Waals surface area contributed by atoms with Gasteiger partial charge in [0.15, 0.2) is 0 Å². The van der Waals surface area contributed by atoms with E-state index in [1.54, 1.807) is 19.4 Å². The summed E-state index contributed by atoms with van der Waals surface area (Å²) in [5.41, 5.74) is 2.45. The van der Waals surface area contributed by atoms with Crippen LogP contribution in [-0.4, -0.2) is 84.5 Å². The number of rotatable bonds is 9. The number of aliphatic hydroxyl groups is 1. The molecule has 0 atom stereocenters. The van der Waals surface area contributed by atoms with Gasteiger partial charge < -0.3 is 43.8 Å². The number of likely N-dealkylation sites (tertiary alicyclic amines) is 2. The Hall–Kier alpha value is -3.73. The second-order valence-corrected chi connectivity index (χ2v) is 11.0. The molecule has 2 aliphatic heterocycles. The lowest BCUT2D eigenvalue weighted by Gasteiger charge is -2.35. The number of nitrogens with one attached hydrogen (secondary N) is 2. The summed E-state index contributed by atoms with van der Waals surface area (Å²) in [5.74, 6) is 1.78. The Morgan fingerprint density at radius 3 is 2.49 bits per heavy atom. The highest BCUT2D eigenvalue weighted by Crippen LogP contribution is 2.33. The van der Waals surface area contributed by atoms with E-state index in [2.05, 4.69) is 20.1 Å². The maximum Gasteiger partial charge on any atom is 0.414 e. The molecule has 3 N–H and O–H groups in total. The Bertz CT molecular complexity index is 1470. The van der Waals surface area contributed by atoms with Gasteiger partial charge in [0.25, 0.3) is 0 Å². The van der Waals surface area contributed by atoms with Crippen LogP contribution in [0.5, 0.6) is 17.4 Å². The van der Waals surface area contributed by atoms with Gasteiger partial charge >= 0.3 is 6.09 Å². The summed E-state index contributed by atoms with van der Waals surface area (Å²) in [5, 5.41) is 14.4. The number of ether oxygens (including phenoxy) is 3. The third kappa shape index (κ3) is 6.45. The Kier molecular flexibility index (Phi) is 8.31. The Balaban J connectivity index is 1.00. The van der Waals surface area contributed by atoms with Crippen LogP contribution in [-0.2, 0) is 6.61 Å². The smallest absolute Gasteiger partial charge is 0.414 e. The Morgan fingerprint density at radius 1 is 1.02 bits per heavy atom. The minimum atomic E-state index is -0.457. The van der Waals surface area contributed by atoms with Crippen LogP contribution in [0.4, 0.5) is 4.79 Å². The van der Waals surface area contributed by atoms with E-state index in [0.29, 0.717) is 18.2 Å². The highest BCUT2D eigenvalue weighted by Gasteiger charge is 2.23. The Morgan fingerprint density at radius 2 is 1.73 bits per heavy atom. The van der Waals surface area contributed by atoms with Gasteiger partial charge in [-0.1, -0.05) is 12.1 Å². The molecule has 1 amide bonds. The summed E-state index contributed by atoms with van der Waals surface area (Å²) >= 11 is 0. The molecule has 2 aromatic carbocycles. The average Bonchev–Trinajstić information content (AvgIpc) is 3.60. The molecule has 0 unspecified atom stereocenters. The molecule has 2 aliphatic rings. The van der Waals surface area contributed by atoms with Gasteiger partial charge in [0.2, 0.25) is 5.88 Å². The number of methoxy groups -OCH3 is 1. The van der Waals surface area contributed by atoms with Gasteiger partial charge in [0.1, 0.15) is 23.7 Å². The van der Waals surface area contributed by atoms with Crippen LogP contribution in [0.1, 0.15) is 31.2 Å². The van der Waals surface area contributed by atoms with E-state index in [4.69, 9.17) is 18.6 Å². The van der Waals surface area contributed by atoms with Gasteiger partial charge in [-0.2, -0.15) is 0 Å². The number of aromatic amines is 1. The highest BCUT2D eigenvalue weighted by molar-refractivity contribution is 5.89. The molecule has 6 rings (SSSR count). The monoisotopic (exact) mass is 562 g/mol. The molecule has 0 aliphatic carbocycles.